The van der Waals surface area contributed by atoms with Crippen molar-refractivity contribution in [3.05, 3.63) is 90.4 Å². The summed E-state index contributed by atoms with van der Waals surface area (Å²) in [6.45, 7) is 0. The lowest BCUT2D eigenvalue weighted by molar-refractivity contribution is 0.107. The zero-order valence-electron chi connectivity index (χ0n) is 15.3. The molecule has 0 atom stereocenters. The Morgan fingerprint density at radius 2 is 1.55 bits per heavy atom. The zero-order valence-corrected chi connectivity index (χ0v) is 15.3. The average molecular weight is 380 g/mol. The van der Waals surface area contributed by atoms with Crippen LogP contribution in [0, 0.1) is 0 Å². The normalized spacial score (nSPS) is 12.6. The first-order valence-electron chi connectivity index (χ1n) is 9.13. The van der Waals surface area contributed by atoms with Gasteiger partial charge in [0.15, 0.2) is 5.75 Å². The number of aromatic nitrogens is 3. The molecule has 0 unspecified atom stereocenters. The van der Waals surface area contributed by atoms with E-state index in [1.807, 2.05) is 48.5 Å². The number of aromatic hydroxyl groups is 1. The number of benzene rings is 3. The number of carbonyl (C=O) groups excluding carboxylic acids is 1. The standard InChI is InChI=1S/C16H10N2O2.C7H6N2/c19-15-9-5-1-3-7-11(9)17-13(15)14-16(20)10-6-2-4-8-12(10)18-14;1-2-4-7-6(3-1)8-5-9-7/h1-8,17,19H;1-5H,(H,8,9). The van der Waals surface area contributed by atoms with Gasteiger partial charge in [-0.15, -0.1) is 0 Å². The van der Waals surface area contributed by atoms with Crippen LogP contribution in [0.25, 0.3) is 21.9 Å². The van der Waals surface area contributed by atoms with E-state index in [9.17, 15) is 9.90 Å². The predicted octanol–water partition coefficient (Wildman–Crippen LogP) is 4.75. The number of H-pyrrole nitrogens is 2. The first kappa shape index (κ1) is 16.9. The molecule has 0 amide bonds. The minimum Gasteiger partial charge on any atom is -0.505 e. The summed E-state index contributed by atoms with van der Waals surface area (Å²) in [4.78, 5) is 26.8. The van der Waals surface area contributed by atoms with Gasteiger partial charge in [0.1, 0.15) is 11.4 Å². The molecular formula is C23H16N4O2. The lowest BCUT2D eigenvalue weighted by Crippen LogP contribution is -2.11. The average Bonchev–Trinajstić information content (AvgIpc) is 3.45. The molecule has 0 bridgehead atoms. The minimum absolute atomic E-state index is 0.0699. The van der Waals surface area contributed by atoms with Gasteiger partial charge in [-0.25, -0.2) is 9.98 Å². The van der Waals surface area contributed by atoms with E-state index in [0.29, 0.717) is 22.3 Å². The second-order valence-corrected chi connectivity index (χ2v) is 6.62. The van der Waals surface area contributed by atoms with Crippen molar-refractivity contribution < 1.29 is 9.90 Å². The van der Waals surface area contributed by atoms with Gasteiger partial charge in [0.25, 0.3) is 0 Å². The predicted molar refractivity (Wildman–Crippen MR) is 113 cm³/mol. The highest BCUT2D eigenvalue weighted by Gasteiger charge is 2.29. The van der Waals surface area contributed by atoms with E-state index in [-0.39, 0.29) is 17.2 Å². The first-order chi connectivity index (χ1) is 14.2. The van der Waals surface area contributed by atoms with Gasteiger partial charge in [0, 0.05) is 16.5 Å². The quantitative estimate of drug-likeness (QED) is 0.391. The van der Waals surface area contributed by atoms with E-state index in [0.717, 1.165) is 16.6 Å². The van der Waals surface area contributed by atoms with E-state index in [1.54, 1.807) is 30.6 Å². The van der Waals surface area contributed by atoms with Crippen molar-refractivity contribution in [3.8, 4) is 5.75 Å². The van der Waals surface area contributed by atoms with Gasteiger partial charge in [-0.3, -0.25) is 4.79 Å². The lowest BCUT2D eigenvalue weighted by Gasteiger charge is -1.96. The van der Waals surface area contributed by atoms with E-state index in [1.165, 1.54) is 0 Å². The number of carbonyl (C=O) groups is 1. The Morgan fingerprint density at radius 1 is 0.828 bits per heavy atom. The molecule has 0 radical (unpaired) electrons. The Bertz CT molecular complexity index is 1360. The third kappa shape index (κ3) is 2.87. The van der Waals surface area contributed by atoms with Gasteiger partial charge < -0.3 is 15.1 Å². The fourth-order valence-electron chi connectivity index (χ4n) is 3.41. The first-order valence-corrected chi connectivity index (χ1v) is 9.13. The van der Waals surface area contributed by atoms with Gasteiger partial charge in [0.05, 0.1) is 23.0 Å². The van der Waals surface area contributed by atoms with E-state index >= 15 is 0 Å². The number of fused-ring (bicyclic) bond motifs is 3. The van der Waals surface area contributed by atoms with Crippen LogP contribution in [-0.4, -0.2) is 31.6 Å². The number of hydrogen-bond acceptors (Lipinski definition) is 4. The van der Waals surface area contributed by atoms with Crippen LogP contribution in [-0.2, 0) is 0 Å². The molecule has 0 spiro atoms. The van der Waals surface area contributed by atoms with Gasteiger partial charge in [-0.1, -0.05) is 36.4 Å². The number of para-hydroxylation sites is 4. The third-order valence-corrected chi connectivity index (χ3v) is 4.84. The number of aromatic amines is 2. The number of nitrogens with zero attached hydrogens (tertiary/aromatic N) is 2. The highest BCUT2D eigenvalue weighted by molar-refractivity contribution is 6.55. The molecular weight excluding hydrogens is 364 g/mol. The summed E-state index contributed by atoms with van der Waals surface area (Å²) in [6.07, 6.45) is 1.70. The Labute approximate surface area is 165 Å². The number of Topliss-reactive ketones (excluding diaryl/α,β-unsaturated/α-hetero) is 1. The molecule has 0 aliphatic carbocycles. The SMILES string of the molecule is O=C1C(c2[nH]c3ccccc3c2O)=Nc2ccccc21.c1ccc2[nH]cnc2c1. The van der Waals surface area contributed by atoms with Crippen molar-refractivity contribution in [2.45, 2.75) is 0 Å². The molecule has 6 rings (SSSR count). The monoisotopic (exact) mass is 380 g/mol. The second-order valence-electron chi connectivity index (χ2n) is 6.62. The number of ketones is 1. The third-order valence-electron chi connectivity index (χ3n) is 4.84. The molecule has 0 fully saturated rings. The van der Waals surface area contributed by atoms with Crippen LogP contribution < -0.4 is 0 Å². The maximum atomic E-state index is 12.4. The largest absolute Gasteiger partial charge is 0.505 e. The fourth-order valence-corrected chi connectivity index (χ4v) is 3.41. The van der Waals surface area contributed by atoms with Crippen LogP contribution in [0.4, 0.5) is 5.69 Å². The zero-order chi connectivity index (χ0) is 19.8. The summed E-state index contributed by atoms with van der Waals surface area (Å²) in [5.74, 6) is -0.0945. The summed E-state index contributed by atoms with van der Waals surface area (Å²) < 4.78 is 0. The van der Waals surface area contributed by atoms with Crippen molar-refractivity contribution in [1.82, 2.24) is 15.0 Å². The Kier molecular flexibility index (Phi) is 3.95. The van der Waals surface area contributed by atoms with Gasteiger partial charge in [0.2, 0.25) is 5.78 Å². The van der Waals surface area contributed by atoms with Gasteiger partial charge in [-0.2, -0.15) is 0 Å². The van der Waals surface area contributed by atoms with Gasteiger partial charge in [-0.05, 0) is 36.4 Å². The number of hydrogen-bond donors (Lipinski definition) is 3. The molecule has 3 aromatic carbocycles. The molecule has 1 aliphatic rings. The van der Waals surface area contributed by atoms with E-state index < -0.39 is 0 Å². The topological polar surface area (TPSA) is 94.1 Å². The van der Waals surface area contributed by atoms with Crippen LogP contribution >= 0.6 is 0 Å². The minimum atomic E-state index is -0.164. The molecule has 6 heteroatoms. The summed E-state index contributed by atoms with van der Waals surface area (Å²) in [5, 5.41) is 11.0. The lowest BCUT2D eigenvalue weighted by atomic mass is 10.1. The molecule has 2 aromatic heterocycles. The number of nitrogens with one attached hydrogen (secondary N) is 2. The number of aliphatic imine (C=N–C) groups is 1. The Balaban J connectivity index is 0.000000168. The van der Waals surface area contributed by atoms with Crippen LogP contribution in [0.2, 0.25) is 0 Å². The summed E-state index contributed by atoms with van der Waals surface area (Å²) in [6, 6.07) is 22.5. The highest BCUT2D eigenvalue weighted by atomic mass is 16.3. The van der Waals surface area contributed by atoms with E-state index in [2.05, 4.69) is 19.9 Å². The maximum absolute atomic E-state index is 12.4. The molecule has 1 aliphatic heterocycles. The van der Waals surface area contributed by atoms with Crippen molar-refractivity contribution in [2.75, 3.05) is 0 Å². The molecule has 29 heavy (non-hydrogen) atoms. The smallest absolute Gasteiger partial charge is 0.215 e. The van der Waals surface area contributed by atoms with Gasteiger partial charge >= 0.3 is 0 Å². The van der Waals surface area contributed by atoms with Crippen molar-refractivity contribution >= 4 is 39.1 Å². The van der Waals surface area contributed by atoms with Crippen LogP contribution in [0.3, 0.4) is 0 Å². The Hall–Kier alpha value is -4.19. The van der Waals surface area contributed by atoms with Crippen molar-refractivity contribution in [3.63, 3.8) is 0 Å². The fraction of sp³-hybridized carbons (Fsp3) is 0. The van der Waals surface area contributed by atoms with Crippen molar-refractivity contribution in [1.29, 1.82) is 0 Å². The molecule has 3 heterocycles. The molecule has 5 aromatic rings. The van der Waals surface area contributed by atoms with Crippen molar-refractivity contribution in [2.24, 2.45) is 4.99 Å². The van der Waals surface area contributed by atoms with E-state index in [4.69, 9.17) is 0 Å². The van der Waals surface area contributed by atoms with Crippen LogP contribution in [0.5, 0.6) is 5.75 Å². The second kappa shape index (κ2) is 6.76. The highest BCUT2D eigenvalue weighted by Crippen LogP contribution is 2.34. The molecule has 0 saturated heterocycles. The Morgan fingerprint density at radius 3 is 2.34 bits per heavy atom. The number of rotatable bonds is 1. The maximum Gasteiger partial charge on any atom is 0.215 e. The molecule has 3 N–H and O–H groups in total. The summed E-state index contributed by atoms with van der Waals surface area (Å²) in [5.41, 5.74) is 4.76. The summed E-state index contributed by atoms with van der Waals surface area (Å²) >= 11 is 0. The van der Waals surface area contributed by atoms with Crippen LogP contribution in [0.15, 0.2) is 84.1 Å². The molecule has 140 valence electrons. The molecule has 0 saturated carbocycles. The molecule has 6 nitrogen and oxygen atoms in total. The summed E-state index contributed by atoms with van der Waals surface area (Å²) in [7, 11) is 0. The number of imidazole rings is 1. The van der Waals surface area contributed by atoms with Crippen LogP contribution in [0.1, 0.15) is 16.1 Å².